The van der Waals surface area contributed by atoms with E-state index in [2.05, 4.69) is 90.8 Å². The molecule has 0 aliphatic rings. The van der Waals surface area contributed by atoms with Gasteiger partial charge in [-0.2, -0.15) is 0 Å². The molecule has 0 atom stereocenters. The Morgan fingerprint density at radius 3 is 1.56 bits per heavy atom. The average molecular weight is 577 g/mol. The number of hydrogen-bond donors (Lipinski definition) is 0. The quantitative estimate of drug-likeness (QED) is 0.191. The molecule has 0 aliphatic carbocycles. The van der Waals surface area contributed by atoms with Crippen LogP contribution in [0.5, 0.6) is 0 Å². The summed E-state index contributed by atoms with van der Waals surface area (Å²) in [4.78, 5) is 19.5. The van der Waals surface area contributed by atoms with E-state index in [1.165, 1.54) is 21.5 Å². The number of hydrogen-bond acceptors (Lipinski definition) is 4. The number of aryl methyl sites for hydroxylation is 1. The molecule has 2 aromatic heterocycles. The van der Waals surface area contributed by atoms with E-state index in [0.29, 0.717) is 17.5 Å². The van der Waals surface area contributed by atoms with Gasteiger partial charge in [-0.1, -0.05) is 109 Å². The molecule has 2 heterocycles. The summed E-state index contributed by atoms with van der Waals surface area (Å²) in [6.45, 7) is 2.12. The molecular weight excluding hydrogens is 548 g/mol. The maximum Gasteiger partial charge on any atom is 0.164 e. The fourth-order valence-corrected chi connectivity index (χ4v) is 6.06. The molecular formula is C41H28N4. The summed E-state index contributed by atoms with van der Waals surface area (Å²) in [5.41, 5.74) is 8.35. The van der Waals surface area contributed by atoms with Gasteiger partial charge in [-0.3, -0.25) is 4.98 Å². The Hall–Kier alpha value is -6.00. The molecule has 0 amide bonds. The van der Waals surface area contributed by atoms with Gasteiger partial charge in [0.05, 0.1) is 0 Å². The standard InChI is InChI=1S/C41H28N4/c1-27-20-21-42-26-38(27)32-22-31(37-25-30-16-8-9-17-34(30)35-18-10-11-19-36(35)37)23-33(24-32)41-44-39(28-12-4-2-5-13-28)43-40(45-41)29-14-6-3-7-15-29/h2-26H,1H3. The van der Waals surface area contributed by atoms with E-state index in [0.717, 1.165) is 44.5 Å². The van der Waals surface area contributed by atoms with Gasteiger partial charge in [0.15, 0.2) is 17.5 Å². The number of aromatic nitrogens is 4. The van der Waals surface area contributed by atoms with E-state index in [9.17, 15) is 0 Å². The highest BCUT2D eigenvalue weighted by molar-refractivity contribution is 6.14. The van der Waals surface area contributed by atoms with E-state index in [1.807, 2.05) is 73.1 Å². The fraction of sp³-hybridized carbons (Fsp3) is 0.0244. The van der Waals surface area contributed by atoms with Crippen molar-refractivity contribution in [2.45, 2.75) is 6.92 Å². The highest BCUT2D eigenvalue weighted by atomic mass is 15.0. The van der Waals surface area contributed by atoms with E-state index in [-0.39, 0.29) is 0 Å². The zero-order chi connectivity index (χ0) is 30.2. The van der Waals surface area contributed by atoms with Crippen molar-refractivity contribution in [2.75, 3.05) is 0 Å². The third-order valence-electron chi connectivity index (χ3n) is 8.32. The highest BCUT2D eigenvalue weighted by Gasteiger charge is 2.17. The molecule has 0 saturated heterocycles. The molecule has 8 aromatic rings. The number of fused-ring (bicyclic) bond motifs is 3. The van der Waals surface area contributed by atoms with E-state index >= 15 is 0 Å². The van der Waals surface area contributed by atoms with Crippen LogP contribution in [-0.2, 0) is 0 Å². The topological polar surface area (TPSA) is 51.6 Å². The van der Waals surface area contributed by atoms with Crippen molar-refractivity contribution in [2.24, 2.45) is 0 Å². The Labute approximate surface area is 261 Å². The summed E-state index contributed by atoms with van der Waals surface area (Å²) in [7, 11) is 0. The minimum absolute atomic E-state index is 0.623. The first-order chi connectivity index (χ1) is 22.2. The van der Waals surface area contributed by atoms with Gasteiger partial charge in [0.2, 0.25) is 0 Å². The summed E-state index contributed by atoms with van der Waals surface area (Å²) in [5.74, 6) is 1.90. The van der Waals surface area contributed by atoms with Crippen LogP contribution in [0.3, 0.4) is 0 Å². The molecule has 0 saturated carbocycles. The van der Waals surface area contributed by atoms with Crippen LogP contribution in [0.1, 0.15) is 5.56 Å². The summed E-state index contributed by atoms with van der Waals surface area (Å²) in [5, 5.41) is 4.88. The van der Waals surface area contributed by atoms with Crippen LogP contribution < -0.4 is 0 Å². The molecule has 8 rings (SSSR count). The lowest BCUT2D eigenvalue weighted by molar-refractivity contribution is 1.07. The second-order valence-corrected chi connectivity index (χ2v) is 11.2. The molecule has 4 nitrogen and oxygen atoms in total. The van der Waals surface area contributed by atoms with Crippen LogP contribution in [0.2, 0.25) is 0 Å². The summed E-state index contributed by atoms with van der Waals surface area (Å²) in [6, 6.07) is 48.4. The van der Waals surface area contributed by atoms with Crippen molar-refractivity contribution in [3.8, 4) is 56.4 Å². The minimum atomic E-state index is 0.623. The van der Waals surface area contributed by atoms with Crippen LogP contribution in [-0.4, -0.2) is 19.9 Å². The van der Waals surface area contributed by atoms with Gasteiger partial charge in [0.25, 0.3) is 0 Å². The minimum Gasteiger partial charge on any atom is -0.264 e. The van der Waals surface area contributed by atoms with Gasteiger partial charge in [-0.25, -0.2) is 15.0 Å². The predicted molar refractivity (Wildman–Crippen MR) is 185 cm³/mol. The first-order valence-electron chi connectivity index (χ1n) is 15.1. The zero-order valence-corrected chi connectivity index (χ0v) is 24.7. The molecule has 45 heavy (non-hydrogen) atoms. The molecule has 212 valence electrons. The number of nitrogens with zero attached hydrogens (tertiary/aromatic N) is 4. The van der Waals surface area contributed by atoms with E-state index in [1.54, 1.807) is 0 Å². The Morgan fingerprint density at radius 1 is 0.400 bits per heavy atom. The monoisotopic (exact) mass is 576 g/mol. The van der Waals surface area contributed by atoms with Crippen LogP contribution >= 0.6 is 0 Å². The van der Waals surface area contributed by atoms with Crippen molar-refractivity contribution in [3.63, 3.8) is 0 Å². The molecule has 0 unspecified atom stereocenters. The third kappa shape index (κ3) is 5.02. The van der Waals surface area contributed by atoms with Crippen molar-refractivity contribution in [1.82, 2.24) is 19.9 Å². The molecule has 0 N–H and O–H groups in total. The first kappa shape index (κ1) is 26.6. The lowest BCUT2D eigenvalue weighted by Gasteiger charge is -2.15. The summed E-state index contributed by atoms with van der Waals surface area (Å²) < 4.78 is 0. The van der Waals surface area contributed by atoms with Gasteiger partial charge in [0.1, 0.15) is 0 Å². The van der Waals surface area contributed by atoms with Crippen LogP contribution in [0, 0.1) is 6.92 Å². The Balaban J connectivity index is 1.42. The predicted octanol–water partition coefficient (Wildman–Crippen LogP) is 10.2. The number of pyridine rings is 1. The summed E-state index contributed by atoms with van der Waals surface area (Å²) in [6.07, 6.45) is 3.78. The van der Waals surface area contributed by atoms with E-state index < -0.39 is 0 Å². The molecule has 0 spiro atoms. The van der Waals surface area contributed by atoms with Crippen LogP contribution in [0.25, 0.3) is 78.0 Å². The van der Waals surface area contributed by atoms with Gasteiger partial charge in [0, 0.05) is 34.6 Å². The zero-order valence-electron chi connectivity index (χ0n) is 24.7. The van der Waals surface area contributed by atoms with Crippen LogP contribution in [0.15, 0.2) is 152 Å². The second kappa shape index (κ2) is 11.3. The number of benzene rings is 6. The SMILES string of the molecule is Cc1ccncc1-c1cc(-c2nc(-c3ccccc3)nc(-c3ccccc3)n2)cc(-c2cc3ccccc3c3ccccc23)c1. The number of rotatable bonds is 5. The van der Waals surface area contributed by atoms with Crippen molar-refractivity contribution < 1.29 is 0 Å². The van der Waals surface area contributed by atoms with Crippen molar-refractivity contribution in [1.29, 1.82) is 0 Å². The van der Waals surface area contributed by atoms with Gasteiger partial charge in [-0.15, -0.1) is 0 Å². The van der Waals surface area contributed by atoms with Crippen LogP contribution in [0.4, 0.5) is 0 Å². The average Bonchev–Trinajstić information content (AvgIpc) is 3.12. The van der Waals surface area contributed by atoms with Crippen molar-refractivity contribution >= 4 is 21.5 Å². The molecule has 6 aromatic carbocycles. The third-order valence-corrected chi connectivity index (χ3v) is 8.32. The Morgan fingerprint density at radius 2 is 0.911 bits per heavy atom. The fourth-order valence-electron chi connectivity index (χ4n) is 6.06. The van der Waals surface area contributed by atoms with Gasteiger partial charge < -0.3 is 0 Å². The van der Waals surface area contributed by atoms with Gasteiger partial charge >= 0.3 is 0 Å². The maximum absolute atomic E-state index is 5.07. The highest BCUT2D eigenvalue weighted by Crippen LogP contribution is 2.39. The Kier molecular flexibility index (Phi) is 6.65. The lowest BCUT2D eigenvalue weighted by atomic mass is 9.90. The molecule has 0 fully saturated rings. The van der Waals surface area contributed by atoms with Crippen molar-refractivity contribution in [3.05, 3.63) is 157 Å². The first-order valence-corrected chi connectivity index (χ1v) is 15.1. The maximum atomic E-state index is 5.07. The lowest BCUT2D eigenvalue weighted by Crippen LogP contribution is -2.00. The molecule has 0 aliphatic heterocycles. The molecule has 0 bridgehead atoms. The normalized spacial score (nSPS) is 11.2. The smallest absolute Gasteiger partial charge is 0.164 e. The van der Waals surface area contributed by atoms with Gasteiger partial charge in [-0.05, 0) is 81.1 Å². The summed E-state index contributed by atoms with van der Waals surface area (Å²) >= 11 is 0. The molecule has 0 radical (unpaired) electrons. The molecule has 4 heteroatoms. The second-order valence-electron chi connectivity index (χ2n) is 11.2. The largest absolute Gasteiger partial charge is 0.264 e. The Bertz CT molecular complexity index is 2270. The van der Waals surface area contributed by atoms with E-state index in [4.69, 9.17) is 15.0 Å².